The van der Waals surface area contributed by atoms with Crippen LogP contribution in [0.25, 0.3) is 0 Å². The van der Waals surface area contributed by atoms with Crippen molar-refractivity contribution in [2.75, 3.05) is 26.9 Å². The van der Waals surface area contributed by atoms with Gasteiger partial charge in [0.25, 0.3) is 0 Å². The van der Waals surface area contributed by atoms with Gasteiger partial charge in [-0.15, -0.1) is 0 Å². The summed E-state index contributed by atoms with van der Waals surface area (Å²) in [4.78, 5) is 12.5. The number of rotatable bonds is 9. The SMILES string of the molecule is CCOC(=O)C(CN)(CCCCOC)c1cccc(C)c1. The lowest BCUT2D eigenvalue weighted by Crippen LogP contribution is -2.44. The van der Waals surface area contributed by atoms with E-state index < -0.39 is 5.41 Å². The van der Waals surface area contributed by atoms with Crippen molar-refractivity contribution in [3.8, 4) is 0 Å². The van der Waals surface area contributed by atoms with Crippen molar-refractivity contribution in [1.82, 2.24) is 0 Å². The van der Waals surface area contributed by atoms with Crippen LogP contribution < -0.4 is 5.73 Å². The Hall–Kier alpha value is -1.39. The predicted molar refractivity (Wildman–Crippen MR) is 84.3 cm³/mol. The van der Waals surface area contributed by atoms with Crippen LogP contribution in [0, 0.1) is 6.92 Å². The van der Waals surface area contributed by atoms with Crippen molar-refractivity contribution in [3.63, 3.8) is 0 Å². The van der Waals surface area contributed by atoms with E-state index in [1.165, 1.54) is 0 Å². The predicted octanol–water partition coefficient (Wildman–Crippen LogP) is 2.57. The van der Waals surface area contributed by atoms with Crippen LogP contribution in [-0.2, 0) is 19.7 Å². The third-order valence-electron chi connectivity index (χ3n) is 3.79. The Morgan fingerprint density at radius 2 is 2.10 bits per heavy atom. The third kappa shape index (κ3) is 4.55. The summed E-state index contributed by atoms with van der Waals surface area (Å²) in [5.74, 6) is -0.226. The number of hydrogen-bond acceptors (Lipinski definition) is 4. The van der Waals surface area contributed by atoms with Crippen molar-refractivity contribution < 1.29 is 14.3 Å². The molecule has 0 spiro atoms. The lowest BCUT2D eigenvalue weighted by molar-refractivity contribution is -0.150. The van der Waals surface area contributed by atoms with Gasteiger partial charge in [0.1, 0.15) is 5.41 Å². The molecule has 2 N–H and O–H groups in total. The Kier molecular flexibility index (Phi) is 7.40. The summed E-state index contributed by atoms with van der Waals surface area (Å²) in [6, 6.07) is 7.97. The first-order valence-electron chi connectivity index (χ1n) is 7.54. The Labute approximate surface area is 127 Å². The van der Waals surface area contributed by atoms with Gasteiger partial charge in [-0.05, 0) is 38.7 Å². The van der Waals surface area contributed by atoms with Crippen LogP contribution in [0.5, 0.6) is 0 Å². The number of ether oxygens (including phenoxy) is 2. The van der Waals surface area contributed by atoms with Crippen molar-refractivity contribution >= 4 is 5.97 Å². The molecule has 4 nitrogen and oxygen atoms in total. The summed E-state index contributed by atoms with van der Waals surface area (Å²) in [6.45, 7) is 5.14. The van der Waals surface area contributed by atoms with Crippen LogP contribution in [0.15, 0.2) is 24.3 Å². The number of carbonyl (C=O) groups is 1. The van der Waals surface area contributed by atoms with Gasteiger partial charge in [0.2, 0.25) is 0 Å². The number of methoxy groups -OCH3 is 1. The maximum Gasteiger partial charge on any atom is 0.317 e. The molecule has 1 rings (SSSR count). The molecule has 1 unspecified atom stereocenters. The molecular formula is C17H27NO3. The maximum absolute atomic E-state index is 12.5. The highest BCUT2D eigenvalue weighted by atomic mass is 16.5. The minimum absolute atomic E-state index is 0.226. The van der Waals surface area contributed by atoms with E-state index in [1.54, 1.807) is 7.11 Å². The molecule has 0 aromatic heterocycles. The summed E-state index contributed by atoms with van der Waals surface area (Å²) in [6.07, 6.45) is 2.45. The molecule has 0 heterocycles. The second-order valence-electron chi connectivity index (χ2n) is 5.33. The molecule has 0 fully saturated rings. The van der Waals surface area contributed by atoms with Crippen molar-refractivity contribution in [2.24, 2.45) is 5.73 Å². The molecule has 0 saturated heterocycles. The lowest BCUT2D eigenvalue weighted by Gasteiger charge is -2.31. The molecule has 1 atom stereocenters. The van der Waals surface area contributed by atoms with E-state index in [0.29, 0.717) is 19.6 Å². The molecule has 21 heavy (non-hydrogen) atoms. The van der Waals surface area contributed by atoms with Crippen LogP contribution in [0.1, 0.15) is 37.3 Å². The third-order valence-corrected chi connectivity index (χ3v) is 3.79. The highest BCUT2D eigenvalue weighted by Crippen LogP contribution is 2.31. The van der Waals surface area contributed by atoms with E-state index in [2.05, 4.69) is 0 Å². The number of nitrogens with two attached hydrogens (primary N) is 1. The zero-order valence-electron chi connectivity index (χ0n) is 13.4. The van der Waals surface area contributed by atoms with E-state index in [1.807, 2.05) is 38.1 Å². The fraction of sp³-hybridized carbons (Fsp3) is 0.588. The summed E-state index contributed by atoms with van der Waals surface area (Å²) in [5, 5.41) is 0. The molecule has 1 aromatic rings. The second-order valence-corrected chi connectivity index (χ2v) is 5.33. The van der Waals surface area contributed by atoms with Crippen LogP contribution in [0.3, 0.4) is 0 Å². The largest absolute Gasteiger partial charge is 0.465 e. The topological polar surface area (TPSA) is 61.5 Å². The van der Waals surface area contributed by atoms with Crippen LogP contribution in [0.2, 0.25) is 0 Å². The standard InChI is InChI=1S/C17H27NO3/c1-4-21-16(19)17(13-18,10-5-6-11-20-3)15-9-7-8-14(2)12-15/h7-9,12H,4-6,10-11,13,18H2,1-3H3. The van der Waals surface area contributed by atoms with Crippen molar-refractivity contribution in [1.29, 1.82) is 0 Å². The van der Waals surface area contributed by atoms with E-state index in [-0.39, 0.29) is 12.5 Å². The first-order chi connectivity index (χ1) is 10.1. The number of carbonyl (C=O) groups excluding carboxylic acids is 1. The molecule has 0 aliphatic rings. The van der Waals surface area contributed by atoms with Crippen LogP contribution in [-0.4, -0.2) is 32.8 Å². The Morgan fingerprint density at radius 3 is 2.67 bits per heavy atom. The first kappa shape index (κ1) is 17.7. The lowest BCUT2D eigenvalue weighted by atomic mass is 9.76. The molecular weight excluding hydrogens is 266 g/mol. The second kappa shape index (κ2) is 8.80. The molecule has 0 amide bonds. The summed E-state index contributed by atoms with van der Waals surface area (Å²) >= 11 is 0. The van der Waals surface area contributed by atoms with E-state index in [4.69, 9.17) is 15.2 Å². The van der Waals surface area contributed by atoms with Gasteiger partial charge in [-0.2, -0.15) is 0 Å². The highest BCUT2D eigenvalue weighted by Gasteiger charge is 2.40. The van der Waals surface area contributed by atoms with Gasteiger partial charge >= 0.3 is 5.97 Å². The minimum atomic E-state index is -0.754. The zero-order chi connectivity index (χ0) is 15.7. The minimum Gasteiger partial charge on any atom is -0.465 e. The average molecular weight is 293 g/mol. The van der Waals surface area contributed by atoms with Gasteiger partial charge in [0, 0.05) is 20.3 Å². The molecule has 118 valence electrons. The fourth-order valence-electron chi connectivity index (χ4n) is 2.55. The maximum atomic E-state index is 12.5. The van der Waals surface area contributed by atoms with E-state index >= 15 is 0 Å². The number of aryl methyl sites for hydroxylation is 1. The molecule has 0 radical (unpaired) electrons. The van der Waals surface area contributed by atoms with E-state index in [0.717, 1.165) is 24.0 Å². The monoisotopic (exact) mass is 293 g/mol. The fourth-order valence-corrected chi connectivity index (χ4v) is 2.55. The molecule has 0 saturated carbocycles. The molecule has 1 aromatic carbocycles. The summed E-state index contributed by atoms with van der Waals surface area (Å²) in [7, 11) is 1.68. The van der Waals surface area contributed by atoms with Crippen LogP contribution >= 0.6 is 0 Å². The summed E-state index contributed by atoms with van der Waals surface area (Å²) in [5.41, 5.74) is 7.31. The van der Waals surface area contributed by atoms with Gasteiger partial charge in [0.15, 0.2) is 0 Å². The van der Waals surface area contributed by atoms with E-state index in [9.17, 15) is 4.79 Å². The Balaban J connectivity index is 3.04. The molecule has 0 aliphatic heterocycles. The number of unbranched alkanes of at least 4 members (excludes halogenated alkanes) is 1. The normalized spacial score (nSPS) is 13.7. The Morgan fingerprint density at radius 1 is 1.33 bits per heavy atom. The molecule has 4 heteroatoms. The van der Waals surface area contributed by atoms with Gasteiger partial charge in [-0.25, -0.2) is 0 Å². The van der Waals surface area contributed by atoms with Crippen molar-refractivity contribution in [3.05, 3.63) is 35.4 Å². The quantitative estimate of drug-likeness (QED) is 0.561. The van der Waals surface area contributed by atoms with Gasteiger partial charge in [-0.1, -0.05) is 29.8 Å². The van der Waals surface area contributed by atoms with Gasteiger partial charge in [0.05, 0.1) is 6.61 Å². The molecule has 0 bridgehead atoms. The first-order valence-corrected chi connectivity index (χ1v) is 7.54. The zero-order valence-corrected chi connectivity index (χ0v) is 13.4. The highest BCUT2D eigenvalue weighted by molar-refractivity contribution is 5.83. The van der Waals surface area contributed by atoms with Gasteiger partial charge in [-0.3, -0.25) is 4.79 Å². The number of esters is 1. The number of benzene rings is 1. The average Bonchev–Trinajstić information content (AvgIpc) is 2.48. The Bertz CT molecular complexity index is 447. The van der Waals surface area contributed by atoms with Crippen molar-refractivity contribution in [2.45, 2.75) is 38.5 Å². The smallest absolute Gasteiger partial charge is 0.317 e. The van der Waals surface area contributed by atoms with Crippen LogP contribution in [0.4, 0.5) is 0 Å². The molecule has 0 aliphatic carbocycles. The number of hydrogen-bond donors (Lipinski definition) is 1. The summed E-state index contributed by atoms with van der Waals surface area (Å²) < 4.78 is 10.4. The van der Waals surface area contributed by atoms with Gasteiger partial charge < -0.3 is 15.2 Å².